The summed E-state index contributed by atoms with van der Waals surface area (Å²) in [7, 11) is 0. The number of rotatable bonds is 6. The van der Waals surface area contributed by atoms with E-state index in [-0.39, 0.29) is 6.54 Å². The van der Waals surface area contributed by atoms with Gasteiger partial charge in [-0.05, 0) is 30.2 Å². The SMILES string of the molecule is Cc1ccccc1/C=C/C(=O)OCC(=O)NCc1ccccc1F. The number of halogens is 1. The summed E-state index contributed by atoms with van der Waals surface area (Å²) in [6, 6.07) is 13.7. The van der Waals surface area contributed by atoms with Gasteiger partial charge in [-0.2, -0.15) is 0 Å². The van der Waals surface area contributed by atoms with Crippen molar-refractivity contribution in [1.29, 1.82) is 0 Å². The Labute approximate surface area is 140 Å². The number of aryl methyl sites for hydroxylation is 1. The number of carbonyl (C=O) groups is 2. The molecule has 0 spiro atoms. The third-order valence-electron chi connectivity index (χ3n) is 3.37. The zero-order valence-electron chi connectivity index (χ0n) is 13.3. The van der Waals surface area contributed by atoms with Crippen LogP contribution < -0.4 is 5.32 Å². The average Bonchev–Trinajstić information content (AvgIpc) is 2.58. The van der Waals surface area contributed by atoms with E-state index < -0.39 is 24.3 Å². The Hall–Kier alpha value is -2.95. The predicted octanol–water partition coefficient (Wildman–Crippen LogP) is 3.01. The molecular weight excluding hydrogens is 309 g/mol. The highest BCUT2D eigenvalue weighted by Gasteiger charge is 2.07. The third kappa shape index (κ3) is 5.35. The van der Waals surface area contributed by atoms with Crippen LogP contribution in [0.3, 0.4) is 0 Å². The van der Waals surface area contributed by atoms with Crippen molar-refractivity contribution < 1.29 is 18.7 Å². The predicted molar refractivity (Wildman–Crippen MR) is 89.4 cm³/mol. The summed E-state index contributed by atoms with van der Waals surface area (Å²) in [5.74, 6) is -1.49. The topological polar surface area (TPSA) is 55.4 Å². The number of amides is 1. The lowest BCUT2D eigenvalue weighted by molar-refractivity contribution is -0.143. The number of hydrogen-bond donors (Lipinski definition) is 1. The molecule has 4 nitrogen and oxygen atoms in total. The van der Waals surface area contributed by atoms with Crippen molar-refractivity contribution in [2.45, 2.75) is 13.5 Å². The molecule has 0 saturated carbocycles. The van der Waals surface area contributed by atoms with Gasteiger partial charge in [-0.1, -0.05) is 42.5 Å². The van der Waals surface area contributed by atoms with Crippen LogP contribution in [0.4, 0.5) is 4.39 Å². The smallest absolute Gasteiger partial charge is 0.331 e. The van der Waals surface area contributed by atoms with Crippen molar-refractivity contribution in [2.75, 3.05) is 6.61 Å². The minimum Gasteiger partial charge on any atom is -0.452 e. The van der Waals surface area contributed by atoms with Crippen LogP contribution in [0.15, 0.2) is 54.6 Å². The summed E-state index contributed by atoms with van der Waals surface area (Å²) in [6.07, 6.45) is 2.90. The average molecular weight is 327 g/mol. The fourth-order valence-electron chi connectivity index (χ4n) is 2.00. The second-order valence-corrected chi connectivity index (χ2v) is 5.17. The van der Waals surface area contributed by atoms with E-state index in [2.05, 4.69) is 5.32 Å². The molecule has 2 aromatic carbocycles. The van der Waals surface area contributed by atoms with Crippen molar-refractivity contribution in [2.24, 2.45) is 0 Å². The molecule has 2 aromatic rings. The lowest BCUT2D eigenvalue weighted by atomic mass is 10.1. The van der Waals surface area contributed by atoms with Gasteiger partial charge in [0.2, 0.25) is 0 Å². The first-order valence-corrected chi connectivity index (χ1v) is 7.47. The molecule has 0 saturated heterocycles. The van der Waals surface area contributed by atoms with E-state index in [1.807, 2.05) is 31.2 Å². The molecule has 2 rings (SSSR count). The van der Waals surface area contributed by atoms with Gasteiger partial charge < -0.3 is 10.1 Å². The van der Waals surface area contributed by atoms with Crippen molar-refractivity contribution >= 4 is 18.0 Å². The molecule has 124 valence electrons. The minimum absolute atomic E-state index is 0.0438. The van der Waals surface area contributed by atoms with E-state index in [1.54, 1.807) is 24.3 Å². The number of benzene rings is 2. The van der Waals surface area contributed by atoms with E-state index in [0.29, 0.717) is 5.56 Å². The second kappa shape index (κ2) is 8.62. The zero-order valence-corrected chi connectivity index (χ0v) is 13.3. The molecule has 0 radical (unpaired) electrons. The second-order valence-electron chi connectivity index (χ2n) is 5.17. The zero-order chi connectivity index (χ0) is 17.4. The number of carbonyl (C=O) groups excluding carboxylic acids is 2. The van der Waals surface area contributed by atoms with Crippen LogP contribution in [-0.4, -0.2) is 18.5 Å². The standard InChI is InChI=1S/C19H18FNO3/c1-14-6-2-3-7-15(14)10-11-19(23)24-13-18(22)21-12-16-8-4-5-9-17(16)20/h2-11H,12-13H2,1H3,(H,21,22)/b11-10+. The van der Waals surface area contributed by atoms with Crippen molar-refractivity contribution in [1.82, 2.24) is 5.32 Å². The van der Waals surface area contributed by atoms with E-state index in [1.165, 1.54) is 12.1 Å². The maximum atomic E-state index is 13.4. The Balaban J connectivity index is 1.76. The fourth-order valence-corrected chi connectivity index (χ4v) is 2.00. The molecule has 24 heavy (non-hydrogen) atoms. The van der Waals surface area contributed by atoms with Gasteiger partial charge in [0.05, 0.1) is 0 Å². The van der Waals surface area contributed by atoms with Crippen molar-refractivity contribution in [3.8, 4) is 0 Å². The van der Waals surface area contributed by atoms with Crippen LogP contribution in [0.1, 0.15) is 16.7 Å². The highest BCUT2D eigenvalue weighted by atomic mass is 19.1. The molecule has 5 heteroatoms. The fraction of sp³-hybridized carbons (Fsp3) is 0.158. The van der Waals surface area contributed by atoms with Gasteiger partial charge in [-0.25, -0.2) is 9.18 Å². The summed E-state index contributed by atoms with van der Waals surface area (Å²) >= 11 is 0. The summed E-state index contributed by atoms with van der Waals surface area (Å²) in [6.45, 7) is 1.56. The van der Waals surface area contributed by atoms with Crippen LogP contribution in [0.25, 0.3) is 6.08 Å². The number of nitrogens with one attached hydrogen (secondary N) is 1. The molecule has 0 fully saturated rings. The molecule has 0 aliphatic rings. The largest absolute Gasteiger partial charge is 0.452 e. The summed E-state index contributed by atoms with van der Waals surface area (Å²) in [4.78, 5) is 23.2. The lowest BCUT2D eigenvalue weighted by Crippen LogP contribution is -2.28. The van der Waals surface area contributed by atoms with Crippen molar-refractivity contribution in [3.63, 3.8) is 0 Å². The molecule has 0 atom stereocenters. The van der Waals surface area contributed by atoms with Gasteiger partial charge in [-0.3, -0.25) is 4.79 Å². The normalized spacial score (nSPS) is 10.6. The minimum atomic E-state index is -0.612. The monoisotopic (exact) mass is 327 g/mol. The first kappa shape index (κ1) is 17.4. The Morgan fingerprint density at radius 3 is 2.58 bits per heavy atom. The van der Waals surface area contributed by atoms with E-state index in [9.17, 15) is 14.0 Å². The maximum absolute atomic E-state index is 13.4. The van der Waals surface area contributed by atoms with Crippen LogP contribution >= 0.6 is 0 Å². The molecule has 0 bridgehead atoms. The van der Waals surface area contributed by atoms with Gasteiger partial charge in [0.15, 0.2) is 6.61 Å². The molecule has 1 amide bonds. The van der Waals surface area contributed by atoms with Gasteiger partial charge in [0, 0.05) is 18.2 Å². The molecule has 1 N–H and O–H groups in total. The van der Waals surface area contributed by atoms with E-state index in [4.69, 9.17) is 4.74 Å². The lowest BCUT2D eigenvalue weighted by Gasteiger charge is -2.06. The quantitative estimate of drug-likeness (QED) is 0.655. The summed E-state index contributed by atoms with van der Waals surface area (Å²) in [5.41, 5.74) is 2.30. The molecule has 0 aliphatic heterocycles. The first-order valence-electron chi connectivity index (χ1n) is 7.47. The Morgan fingerprint density at radius 2 is 1.83 bits per heavy atom. The van der Waals surface area contributed by atoms with Gasteiger partial charge in [0.25, 0.3) is 5.91 Å². The Morgan fingerprint density at radius 1 is 1.12 bits per heavy atom. The number of esters is 1. The van der Waals surface area contributed by atoms with Crippen LogP contribution in [0.2, 0.25) is 0 Å². The molecule has 0 heterocycles. The molecule has 0 aliphatic carbocycles. The first-order chi connectivity index (χ1) is 11.6. The Bertz CT molecular complexity index is 756. The molecular formula is C19H18FNO3. The van der Waals surface area contributed by atoms with Crippen LogP contribution in [-0.2, 0) is 20.9 Å². The number of hydrogen-bond acceptors (Lipinski definition) is 3. The van der Waals surface area contributed by atoms with E-state index in [0.717, 1.165) is 11.1 Å². The van der Waals surface area contributed by atoms with E-state index >= 15 is 0 Å². The van der Waals surface area contributed by atoms with Crippen LogP contribution in [0.5, 0.6) is 0 Å². The van der Waals surface area contributed by atoms with Gasteiger partial charge in [-0.15, -0.1) is 0 Å². The molecule has 0 unspecified atom stereocenters. The maximum Gasteiger partial charge on any atom is 0.331 e. The van der Waals surface area contributed by atoms with Crippen LogP contribution in [0, 0.1) is 12.7 Å². The van der Waals surface area contributed by atoms with Crippen molar-refractivity contribution in [3.05, 3.63) is 77.1 Å². The Kier molecular flexibility index (Phi) is 6.25. The highest BCUT2D eigenvalue weighted by molar-refractivity contribution is 5.89. The molecule has 0 aromatic heterocycles. The summed E-state index contributed by atoms with van der Waals surface area (Å²) in [5, 5.41) is 2.50. The van der Waals surface area contributed by atoms with Gasteiger partial charge >= 0.3 is 5.97 Å². The summed E-state index contributed by atoms with van der Waals surface area (Å²) < 4.78 is 18.3. The third-order valence-corrected chi connectivity index (χ3v) is 3.37. The van der Waals surface area contributed by atoms with Gasteiger partial charge in [0.1, 0.15) is 5.82 Å². The number of ether oxygens (including phenoxy) is 1. The highest BCUT2D eigenvalue weighted by Crippen LogP contribution is 2.09.